The smallest absolute Gasteiger partial charge is 0.226 e. The average Bonchev–Trinajstić information content (AvgIpc) is 3.09. The third-order valence-corrected chi connectivity index (χ3v) is 5.46. The largest absolute Gasteiger partial charge is 0.350 e. The van der Waals surface area contributed by atoms with Crippen molar-refractivity contribution >= 4 is 11.8 Å². The van der Waals surface area contributed by atoms with E-state index in [9.17, 15) is 9.59 Å². The molecule has 1 saturated heterocycles. The van der Waals surface area contributed by atoms with Gasteiger partial charge in [-0.2, -0.15) is 0 Å². The van der Waals surface area contributed by atoms with Crippen LogP contribution in [-0.4, -0.2) is 38.9 Å². The van der Waals surface area contributed by atoms with Gasteiger partial charge in [0.2, 0.25) is 11.8 Å². The second-order valence-electron chi connectivity index (χ2n) is 6.49. The highest BCUT2D eigenvalue weighted by molar-refractivity contribution is 5.90. The molecule has 1 fully saturated rings. The molecule has 0 saturated carbocycles. The number of carbonyl (C=O) groups excluding carboxylic acids is 2. The van der Waals surface area contributed by atoms with Crippen LogP contribution in [-0.2, 0) is 16.6 Å². The van der Waals surface area contributed by atoms with Crippen molar-refractivity contribution in [1.29, 1.82) is 0 Å². The van der Waals surface area contributed by atoms with E-state index in [1.54, 1.807) is 18.1 Å². The lowest BCUT2D eigenvalue weighted by Gasteiger charge is -2.34. The van der Waals surface area contributed by atoms with Crippen molar-refractivity contribution in [3.8, 4) is 0 Å². The lowest BCUT2D eigenvalue weighted by Crippen LogP contribution is -2.50. The predicted molar refractivity (Wildman–Crippen MR) is 88.6 cm³/mol. The van der Waals surface area contributed by atoms with Gasteiger partial charge in [-0.1, -0.05) is 20.8 Å². The van der Waals surface area contributed by atoms with Crippen LogP contribution in [0.3, 0.4) is 0 Å². The molecule has 0 aromatic carbocycles. The van der Waals surface area contributed by atoms with E-state index in [2.05, 4.69) is 31.1 Å². The summed E-state index contributed by atoms with van der Waals surface area (Å²) in [6.07, 6.45) is 6.44. The molecule has 0 aliphatic carbocycles. The summed E-state index contributed by atoms with van der Waals surface area (Å²) in [5.74, 6) is 0.320. The van der Waals surface area contributed by atoms with Crippen LogP contribution in [0.2, 0.25) is 0 Å². The summed E-state index contributed by atoms with van der Waals surface area (Å²) in [6, 6.07) is -0.300. The molecule has 6 nitrogen and oxygen atoms in total. The molecular formula is C17H28N4O2. The minimum atomic E-state index is -0.391. The standard InChI is InChI=1S/C17H28N4O2/c1-6-17(7-2,8-3)19-16(23)12-11-13(22)21(5)14(12)15-18-9-10-20(15)4/h9-10,12,14H,6-8,11H2,1-5H3,(H,19,23)/t12-,14-/m0/s1. The van der Waals surface area contributed by atoms with Crippen LogP contribution in [0.15, 0.2) is 12.4 Å². The molecule has 1 aliphatic heterocycles. The second kappa shape index (κ2) is 6.72. The first-order chi connectivity index (χ1) is 10.9. The van der Waals surface area contributed by atoms with Gasteiger partial charge in [0.25, 0.3) is 0 Å². The monoisotopic (exact) mass is 320 g/mol. The van der Waals surface area contributed by atoms with E-state index in [0.29, 0.717) is 0 Å². The Labute approximate surface area is 138 Å². The molecule has 2 heterocycles. The van der Waals surface area contributed by atoms with Gasteiger partial charge in [0, 0.05) is 38.4 Å². The van der Waals surface area contributed by atoms with Gasteiger partial charge in [-0.05, 0) is 19.3 Å². The number of amides is 2. The van der Waals surface area contributed by atoms with E-state index in [4.69, 9.17) is 0 Å². The molecule has 0 bridgehead atoms. The van der Waals surface area contributed by atoms with Gasteiger partial charge in [-0.25, -0.2) is 4.98 Å². The maximum Gasteiger partial charge on any atom is 0.226 e. The molecule has 0 unspecified atom stereocenters. The lowest BCUT2D eigenvalue weighted by molar-refractivity contribution is -0.129. The Kier molecular flexibility index (Phi) is 5.12. The van der Waals surface area contributed by atoms with Crippen LogP contribution in [0.5, 0.6) is 0 Å². The summed E-state index contributed by atoms with van der Waals surface area (Å²) in [5.41, 5.74) is -0.187. The summed E-state index contributed by atoms with van der Waals surface area (Å²) in [7, 11) is 3.64. The molecule has 0 spiro atoms. The Hall–Kier alpha value is -1.85. The van der Waals surface area contributed by atoms with Gasteiger partial charge >= 0.3 is 0 Å². The summed E-state index contributed by atoms with van der Waals surface area (Å²) >= 11 is 0. The van der Waals surface area contributed by atoms with Crippen LogP contribution in [0, 0.1) is 5.92 Å². The number of aryl methyl sites for hydroxylation is 1. The minimum Gasteiger partial charge on any atom is -0.350 e. The number of hydrogen-bond donors (Lipinski definition) is 1. The molecule has 1 aliphatic rings. The molecule has 6 heteroatoms. The van der Waals surface area contributed by atoms with Gasteiger partial charge in [0.15, 0.2) is 0 Å². The van der Waals surface area contributed by atoms with Crippen LogP contribution < -0.4 is 5.32 Å². The highest BCUT2D eigenvalue weighted by atomic mass is 16.2. The van der Waals surface area contributed by atoms with Gasteiger partial charge < -0.3 is 14.8 Å². The lowest BCUT2D eigenvalue weighted by atomic mass is 9.88. The van der Waals surface area contributed by atoms with Gasteiger partial charge in [0.05, 0.1) is 5.92 Å². The molecule has 1 aromatic rings. The maximum absolute atomic E-state index is 12.9. The number of imidazole rings is 1. The van der Waals surface area contributed by atoms with Crippen molar-refractivity contribution in [3.05, 3.63) is 18.2 Å². The Balaban J connectivity index is 2.27. The highest BCUT2D eigenvalue weighted by Gasteiger charge is 2.45. The number of aromatic nitrogens is 2. The first kappa shape index (κ1) is 17.5. The fourth-order valence-corrected chi connectivity index (χ4v) is 3.49. The Morgan fingerprint density at radius 1 is 1.30 bits per heavy atom. The van der Waals surface area contributed by atoms with Crippen LogP contribution in [0.25, 0.3) is 0 Å². The normalized spacial score (nSPS) is 21.8. The number of rotatable bonds is 6. The average molecular weight is 320 g/mol. The van der Waals surface area contributed by atoms with Gasteiger partial charge in [-0.3, -0.25) is 9.59 Å². The number of nitrogens with zero attached hydrogens (tertiary/aromatic N) is 3. The number of nitrogens with one attached hydrogen (secondary N) is 1. The highest BCUT2D eigenvalue weighted by Crippen LogP contribution is 2.36. The van der Waals surface area contributed by atoms with E-state index in [0.717, 1.165) is 25.1 Å². The summed E-state index contributed by atoms with van der Waals surface area (Å²) in [6.45, 7) is 6.28. The van der Waals surface area contributed by atoms with E-state index >= 15 is 0 Å². The summed E-state index contributed by atoms with van der Waals surface area (Å²) in [5, 5.41) is 3.22. The zero-order valence-corrected chi connectivity index (χ0v) is 14.8. The van der Waals surface area contributed by atoms with Crippen molar-refractivity contribution < 1.29 is 9.59 Å². The van der Waals surface area contributed by atoms with E-state index in [-0.39, 0.29) is 29.8 Å². The Bertz CT molecular complexity index is 569. The Morgan fingerprint density at radius 2 is 1.91 bits per heavy atom. The van der Waals surface area contributed by atoms with Gasteiger partial charge in [-0.15, -0.1) is 0 Å². The molecule has 2 rings (SSSR count). The number of hydrogen-bond acceptors (Lipinski definition) is 3. The first-order valence-electron chi connectivity index (χ1n) is 8.44. The topological polar surface area (TPSA) is 67.2 Å². The zero-order valence-electron chi connectivity index (χ0n) is 14.8. The predicted octanol–water partition coefficient (Wildman–Crippen LogP) is 2.02. The van der Waals surface area contributed by atoms with Crippen molar-refractivity contribution in [2.24, 2.45) is 13.0 Å². The quantitative estimate of drug-likeness (QED) is 0.872. The van der Waals surface area contributed by atoms with Crippen molar-refractivity contribution in [2.45, 2.75) is 58.0 Å². The second-order valence-corrected chi connectivity index (χ2v) is 6.49. The first-order valence-corrected chi connectivity index (χ1v) is 8.44. The summed E-state index contributed by atoms with van der Waals surface area (Å²) in [4.78, 5) is 31.1. The van der Waals surface area contributed by atoms with E-state index < -0.39 is 5.92 Å². The van der Waals surface area contributed by atoms with Crippen LogP contribution in [0.1, 0.15) is 58.3 Å². The summed E-state index contributed by atoms with van der Waals surface area (Å²) < 4.78 is 1.88. The van der Waals surface area contributed by atoms with Gasteiger partial charge in [0.1, 0.15) is 11.9 Å². The fraction of sp³-hybridized carbons (Fsp3) is 0.706. The Morgan fingerprint density at radius 3 is 2.39 bits per heavy atom. The minimum absolute atomic E-state index is 0.00625. The van der Waals surface area contributed by atoms with Crippen LogP contribution in [0.4, 0.5) is 0 Å². The number of carbonyl (C=O) groups is 2. The molecule has 1 aromatic heterocycles. The van der Waals surface area contributed by atoms with Crippen molar-refractivity contribution in [1.82, 2.24) is 19.8 Å². The third-order valence-electron chi connectivity index (χ3n) is 5.46. The molecule has 2 amide bonds. The van der Waals surface area contributed by atoms with Crippen molar-refractivity contribution in [2.75, 3.05) is 7.05 Å². The molecule has 2 atom stereocenters. The van der Waals surface area contributed by atoms with E-state index in [1.165, 1.54) is 0 Å². The van der Waals surface area contributed by atoms with Crippen LogP contribution >= 0.6 is 0 Å². The molecular weight excluding hydrogens is 292 g/mol. The third kappa shape index (κ3) is 3.12. The SMILES string of the molecule is CCC(CC)(CC)NC(=O)[C@H]1CC(=O)N(C)[C@@H]1c1nccn1C. The maximum atomic E-state index is 12.9. The molecule has 0 radical (unpaired) electrons. The van der Waals surface area contributed by atoms with E-state index in [1.807, 2.05) is 17.8 Å². The van der Waals surface area contributed by atoms with Crippen molar-refractivity contribution in [3.63, 3.8) is 0 Å². The zero-order chi connectivity index (χ0) is 17.2. The molecule has 1 N–H and O–H groups in total. The molecule has 128 valence electrons. The number of likely N-dealkylation sites (tertiary alicyclic amines) is 1. The fourth-order valence-electron chi connectivity index (χ4n) is 3.49. The molecule has 23 heavy (non-hydrogen) atoms.